The summed E-state index contributed by atoms with van der Waals surface area (Å²) in [5, 5.41) is 2.84. The van der Waals surface area contributed by atoms with Crippen molar-refractivity contribution in [3.8, 4) is 0 Å². The van der Waals surface area contributed by atoms with Gasteiger partial charge in [-0.25, -0.2) is 9.18 Å². The number of carbonyl (C=O) groups excluding carboxylic acids is 1. The number of anilines is 1. The molecule has 0 saturated carbocycles. The zero-order valence-electron chi connectivity index (χ0n) is 12.8. The first-order valence-electron chi connectivity index (χ1n) is 7.14. The van der Waals surface area contributed by atoms with Crippen LogP contribution in [-0.2, 0) is 11.3 Å². The van der Waals surface area contributed by atoms with E-state index in [2.05, 4.69) is 5.32 Å². The van der Waals surface area contributed by atoms with E-state index in [0.29, 0.717) is 19.7 Å². The third kappa shape index (κ3) is 5.23. The van der Waals surface area contributed by atoms with Gasteiger partial charge in [-0.2, -0.15) is 0 Å². The van der Waals surface area contributed by atoms with E-state index in [1.54, 1.807) is 12.0 Å². The SMILES string of the molecule is COCCN(Cc1ccccc1)C(=O)Nc1ccc(Cl)cc1F. The molecule has 0 heterocycles. The lowest BCUT2D eigenvalue weighted by molar-refractivity contribution is 0.153. The van der Waals surface area contributed by atoms with Crippen molar-refractivity contribution in [2.75, 3.05) is 25.6 Å². The Morgan fingerprint density at radius 1 is 1.26 bits per heavy atom. The number of methoxy groups -OCH3 is 1. The van der Waals surface area contributed by atoms with Crippen LogP contribution in [0.3, 0.4) is 0 Å². The number of rotatable bonds is 6. The van der Waals surface area contributed by atoms with Crippen molar-refractivity contribution in [3.63, 3.8) is 0 Å². The molecule has 4 nitrogen and oxygen atoms in total. The van der Waals surface area contributed by atoms with Crippen LogP contribution in [0.15, 0.2) is 48.5 Å². The number of ether oxygens (including phenoxy) is 1. The summed E-state index contributed by atoms with van der Waals surface area (Å²) in [4.78, 5) is 14.0. The fourth-order valence-electron chi connectivity index (χ4n) is 2.04. The molecule has 2 rings (SSSR count). The molecule has 122 valence electrons. The molecule has 0 aromatic heterocycles. The van der Waals surface area contributed by atoms with E-state index < -0.39 is 11.8 Å². The fraction of sp³-hybridized carbons (Fsp3) is 0.235. The molecule has 2 amide bonds. The summed E-state index contributed by atoms with van der Waals surface area (Å²) in [6.45, 7) is 1.20. The molecule has 1 N–H and O–H groups in total. The molecule has 2 aromatic rings. The number of nitrogens with one attached hydrogen (secondary N) is 1. The highest BCUT2D eigenvalue weighted by molar-refractivity contribution is 6.30. The zero-order chi connectivity index (χ0) is 16.7. The van der Waals surface area contributed by atoms with Crippen molar-refractivity contribution < 1.29 is 13.9 Å². The van der Waals surface area contributed by atoms with Gasteiger partial charge in [0, 0.05) is 25.2 Å². The number of halogens is 2. The monoisotopic (exact) mass is 336 g/mol. The summed E-state index contributed by atoms with van der Waals surface area (Å²) >= 11 is 5.71. The van der Waals surface area contributed by atoms with E-state index in [4.69, 9.17) is 16.3 Å². The Labute approximate surface area is 139 Å². The molecule has 0 fully saturated rings. The molecule has 6 heteroatoms. The Balaban J connectivity index is 2.09. The standard InChI is InChI=1S/C17H18ClFN2O2/c1-23-10-9-21(12-13-5-3-2-4-6-13)17(22)20-16-8-7-14(18)11-15(16)19/h2-8,11H,9-10,12H2,1H3,(H,20,22). The molecule has 0 aliphatic heterocycles. The van der Waals surface area contributed by atoms with Crippen molar-refractivity contribution in [2.24, 2.45) is 0 Å². The summed E-state index contributed by atoms with van der Waals surface area (Å²) in [5.41, 5.74) is 1.07. The van der Waals surface area contributed by atoms with E-state index in [1.165, 1.54) is 12.1 Å². The van der Waals surface area contributed by atoms with Crippen molar-refractivity contribution in [3.05, 3.63) is 64.9 Å². The van der Waals surface area contributed by atoms with Gasteiger partial charge in [0.25, 0.3) is 0 Å². The van der Waals surface area contributed by atoms with Gasteiger partial charge in [0.05, 0.1) is 12.3 Å². The minimum absolute atomic E-state index is 0.0925. The highest BCUT2D eigenvalue weighted by Gasteiger charge is 2.15. The topological polar surface area (TPSA) is 41.6 Å². The van der Waals surface area contributed by atoms with Crippen LogP contribution in [0.25, 0.3) is 0 Å². The van der Waals surface area contributed by atoms with E-state index >= 15 is 0 Å². The molecule has 0 atom stereocenters. The van der Waals surface area contributed by atoms with Crippen LogP contribution >= 0.6 is 11.6 Å². The smallest absolute Gasteiger partial charge is 0.322 e. The van der Waals surface area contributed by atoms with E-state index in [0.717, 1.165) is 11.6 Å². The van der Waals surface area contributed by atoms with Gasteiger partial charge in [0.1, 0.15) is 5.82 Å². The second kappa shape index (κ2) is 8.50. The summed E-state index contributed by atoms with van der Waals surface area (Å²) in [5.74, 6) is -0.572. The maximum Gasteiger partial charge on any atom is 0.322 e. The Morgan fingerprint density at radius 3 is 2.65 bits per heavy atom. The van der Waals surface area contributed by atoms with Crippen LogP contribution in [0.1, 0.15) is 5.56 Å². The minimum Gasteiger partial charge on any atom is -0.383 e. The van der Waals surface area contributed by atoms with Gasteiger partial charge in [0.15, 0.2) is 0 Å². The van der Waals surface area contributed by atoms with Gasteiger partial charge in [0.2, 0.25) is 0 Å². The lowest BCUT2D eigenvalue weighted by atomic mass is 10.2. The van der Waals surface area contributed by atoms with Crippen molar-refractivity contribution >= 4 is 23.3 Å². The third-order valence-corrected chi connectivity index (χ3v) is 3.48. The van der Waals surface area contributed by atoms with Gasteiger partial charge < -0.3 is 15.0 Å². The fourth-order valence-corrected chi connectivity index (χ4v) is 2.20. The van der Waals surface area contributed by atoms with Crippen LogP contribution in [0, 0.1) is 5.82 Å². The van der Waals surface area contributed by atoms with Crippen molar-refractivity contribution in [1.29, 1.82) is 0 Å². The van der Waals surface area contributed by atoms with Crippen molar-refractivity contribution in [1.82, 2.24) is 4.90 Å². The molecule has 0 radical (unpaired) electrons. The molecular formula is C17H18ClFN2O2. The predicted molar refractivity (Wildman–Crippen MR) is 89.2 cm³/mol. The van der Waals surface area contributed by atoms with Crippen molar-refractivity contribution in [2.45, 2.75) is 6.54 Å². The largest absolute Gasteiger partial charge is 0.383 e. The van der Waals surface area contributed by atoms with Gasteiger partial charge in [-0.1, -0.05) is 41.9 Å². The molecule has 0 saturated heterocycles. The maximum absolute atomic E-state index is 13.8. The average Bonchev–Trinajstić information content (AvgIpc) is 2.55. The van der Waals surface area contributed by atoms with E-state index in [-0.39, 0.29) is 10.7 Å². The highest BCUT2D eigenvalue weighted by atomic mass is 35.5. The number of carbonyl (C=O) groups is 1. The van der Waals surface area contributed by atoms with E-state index in [1.807, 2.05) is 30.3 Å². The van der Waals surface area contributed by atoms with Crippen LogP contribution in [-0.4, -0.2) is 31.2 Å². The van der Waals surface area contributed by atoms with Crippen LogP contribution in [0.5, 0.6) is 0 Å². The molecule has 0 unspecified atom stereocenters. The Bertz CT molecular complexity index is 652. The van der Waals surface area contributed by atoms with Crippen LogP contribution in [0.2, 0.25) is 5.02 Å². The molecule has 2 aromatic carbocycles. The first kappa shape index (κ1) is 17.2. The number of urea groups is 1. The Morgan fingerprint density at radius 2 is 2.00 bits per heavy atom. The molecule has 23 heavy (non-hydrogen) atoms. The minimum atomic E-state index is -0.572. The van der Waals surface area contributed by atoms with Gasteiger partial charge in [-0.3, -0.25) is 0 Å². The number of nitrogens with zero attached hydrogens (tertiary/aromatic N) is 1. The quantitative estimate of drug-likeness (QED) is 0.860. The molecule has 0 aliphatic carbocycles. The van der Waals surface area contributed by atoms with Gasteiger partial charge >= 0.3 is 6.03 Å². The Hall–Kier alpha value is -2.11. The lowest BCUT2D eigenvalue weighted by Gasteiger charge is -2.23. The second-order valence-corrected chi connectivity index (χ2v) is 5.39. The summed E-state index contributed by atoms with van der Waals surface area (Å²) in [6, 6.07) is 13.3. The van der Waals surface area contributed by atoms with Crippen LogP contribution in [0.4, 0.5) is 14.9 Å². The number of hydrogen-bond acceptors (Lipinski definition) is 2. The summed E-state index contributed by atoms with van der Waals surface area (Å²) in [6.07, 6.45) is 0. The normalized spacial score (nSPS) is 10.4. The number of amides is 2. The lowest BCUT2D eigenvalue weighted by Crippen LogP contribution is -2.37. The number of benzene rings is 2. The first-order chi connectivity index (χ1) is 11.1. The molecule has 0 aliphatic rings. The third-order valence-electron chi connectivity index (χ3n) is 3.24. The molecular weight excluding hydrogens is 319 g/mol. The predicted octanol–water partition coefficient (Wildman–Crippen LogP) is 4.16. The van der Waals surface area contributed by atoms with Crippen LogP contribution < -0.4 is 5.32 Å². The Kier molecular flexibility index (Phi) is 6.38. The number of hydrogen-bond donors (Lipinski definition) is 1. The van der Waals surface area contributed by atoms with Gasteiger partial charge in [-0.15, -0.1) is 0 Å². The molecule has 0 spiro atoms. The second-order valence-electron chi connectivity index (χ2n) is 4.95. The highest BCUT2D eigenvalue weighted by Crippen LogP contribution is 2.19. The van der Waals surface area contributed by atoms with E-state index in [9.17, 15) is 9.18 Å². The summed E-state index contributed by atoms with van der Waals surface area (Å²) < 4.78 is 18.8. The average molecular weight is 337 g/mol. The summed E-state index contributed by atoms with van der Waals surface area (Å²) in [7, 11) is 1.57. The molecule has 0 bridgehead atoms. The maximum atomic E-state index is 13.8. The zero-order valence-corrected chi connectivity index (χ0v) is 13.5. The van der Waals surface area contributed by atoms with Gasteiger partial charge in [-0.05, 0) is 23.8 Å². The first-order valence-corrected chi connectivity index (χ1v) is 7.52.